The van der Waals surface area contributed by atoms with E-state index in [2.05, 4.69) is 36.6 Å². The lowest BCUT2D eigenvalue weighted by molar-refractivity contribution is 0.102. The highest BCUT2D eigenvalue weighted by molar-refractivity contribution is 9.10. The van der Waals surface area contributed by atoms with Gasteiger partial charge in [-0.1, -0.05) is 5.16 Å². The number of halogens is 1. The largest absolute Gasteiger partial charge is 0.409 e. The van der Waals surface area contributed by atoms with E-state index in [0.717, 1.165) is 0 Å². The van der Waals surface area contributed by atoms with Gasteiger partial charge in [0.15, 0.2) is 5.84 Å². The van der Waals surface area contributed by atoms with Gasteiger partial charge >= 0.3 is 0 Å². The molecule has 5 N–H and O–H groups in total. The Bertz CT molecular complexity index is 624. The summed E-state index contributed by atoms with van der Waals surface area (Å²) in [5.74, 6) is -0.292. The third kappa shape index (κ3) is 2.91. The van der Waals surface area contributed by atoms with Crippen molar-refractivity contribution in [3.8, 4) is 0 Å². The van der Waals surface area contributed by atoms with Gasteiger partial charge in [-0.2, -0.15) is 5.10 Å². The fourth-order valence-electron chi connectivity index (χ4n) is 1.40. The summed E-state index contributed by atoms with van der Waals surface area (Å²) < 4.78 is 0.619. The van der Waals surface area contributed by atoms with Crippen LogP contribution >= 0.6 is 15.9 Å². The van der Waals surface area contributed by atoms with Gasteiger partial charge in [0.05, 0.1) is 17.4 Å². The predicted molar refractivity (Wildman–Crippen MR) is 73.2 cm³/mol. The number of benzene rings is 1. The molecule has 0 bridgehead atoms. The summed E-state index contributed by atoms with van der Waals surface area (Å²) in [6.45, 7) is 0. The van der Waals surface area contributed by atoms with E-state index in [0.29, 0.717) is 21.3 Å². The Labute approximate surface area is 116 Å². The number of aromatic nitrogens is 2. The molecule has 0 atom stereocenters. The Kier molecular flexibility index (Phi) is 3.81. The molecule has 2 aromatic rings. The van der Waals surface area contributed by atoms with Crippen LogP contribution in [-0.2, 0) is 0 Å². The number of carbonyl (C=O) groups is 1. The number of carbonyl (C=O) groups excluding carboxylic acids is 1. The highest BCUT2D eigenvalue weighted by Crippen LogP contribution is 2.24. The number of nitrogens with two attached hydrogens (primary N) is 1. The van der Waals surface area contributed by atoms with E-state index >= 15 is 0 Å². The third-order valence-corrected chi connectivity index (χ3v) is 3.04. The van der Waals surface area contributed by atoms with Crippen LogP contribution in [0.5, 0.6) is 0 Å². The van der Waals surface area contributed by atoms with Crippen LogP contribution in [0.2, 0.25) is 0 Å². The summed E-state index contributed by atoms with van der Waals surface area (Å²) in [5, 5.41) is 20.5. The zero-order chi connectivity index (χ0) is 13.8. The van der Waals surface area contributed by atoms with Crippen molar-refractivity contribution in [1.29, 1.82) is 0 Å². The number of nitrogens with one attached hydrogen (secondary N) is 2. The topological polar surface area (TPSA) is 116 Å². The molecule has 0 aliphatic rings. The maximum Gasteiger partial charge on any atom is 0.258 e. The second-order valence-electron chi connectivity index (χ2n) is 3.62. The average Bonchev–Trinajstić information content (AvgIpc) is 2.94. The second-order valence-corrected chi connectivity index (χ2v) is 4.48. The summed E-state index contributed by atoms with van der Waals surface area (Å²) >= 11 is 3.31. The molecule has 1 aromatic heterocycles. The third-order valence-electron chi connectivity index (χ3n) is 2.38. The Morgan fingerprint density at radius 2 is 2.26 bits per heavy atom. The monoisotopic (exact) mass is 323 g/mol. The van der Waals surface area contributed by atoms with Gasteiger partial charge in [-0.05, 0) is 34.1 Å². The quantitative estimate of drug-likeness (QED) is 0.296. The molecule has 8 heteroatoms. The molecule has 1 aromatic carbocycles. The van der Waals surface area contributed by atoms with E-state index in [-0.39, 0.29) is 11.7 Å². The normalized spacial score (nSPS) is 11.3. The smallest absolute Gasteiger partial charge is 0.258 e. The van der Waals surface area contributed by atoms with Crippen molar-refractivity contribution in [1.82, 2.24) is 10.2 Å². The minimum Gasteiger partial charge on any atom is -0.409 e. The number of aromatic amines is 1. The zero-order valence-electron chi connectivity index (χ0n) is 9.59. The van der Waals surface area contributed by atoms with E-state index in [4.69, 9.17) is 10.9 Å². The number of rotatable bonds is 3. The van der Waals surface area contributed by atoms with Crippen LogP contribution in [0.15, 0.2) is 40.2 Å². The molecule has 0 fully saturated rings. The molecule has 2 rings (SSSR count). The van der Waals surface area contributed by atoms with Gasteiger partial charge in [0.1, 0.15) is 0 Å². The standard InChI is InChI=1S/C11H10BrN5O2/c12-8-3-6(10(13)17-19)1-2-9(8)16-11(18)7-4-14-15-5-7/h1-5,19H,(H2,13,17)(H,14,15)(H,16,18). The number of amides is 1. The molecule has 0 saturated heterocycles. The van der Waals surface area contributed by atoms with E-state index in [9.17, 15) is 4.79 Å². The molecule has 0 aliphatic heterocycles. The summed E-state index contributed by atoms with van der Waals surface area (Å²) in [7, 11) is 0. The number of hydrogen-bond donors (Lipinski definition) is 4. The van der Waals surface area contributed by atoms with E-state index in [1.54, 1.807) is 18.2 Å². The molecule has 0 radical (unpaired) electrons. The summed E-state index contributed by atoms with van der Waals surface area (Å²) in [4.78, 5) is 11.8. The van der Waals surface area contributed by atoms with Gasteiger partial charge in [0, 0.05) is 16.2 Å². The molecule has 0 aliphatic carbocycles. The van der Waals surface area contributed by atoms with Gasteiger partial charge in [0.2, 0.25) is 0 Å². The molecular formula is C11H10BrN5O2. The van der Waals surface area contributed by atoms with Crippen LogP contribution in [0.25, 0.3) is 0 Å². The van der Waals surface area contributed by atoms with Crippen molar-refractivity contribution in [2.75, 3.05) is 5.32 Å². The lowest BCUT2D eigenvalue weighted by atomic mass is 10.2. The van der Waals surface area contributed by atoms with E-state index in [1.165, 1.54) is 12.4 Å². The molecule has 7 nitrogen and oxygen atoms in total. The van der Waals surface area contributed by atoms with E-state index in [1.807, 2.05) is 0 Å². The highest BCUT2D eigenvalue weighted by atomic mass is 79.9. The number of nitrogens with zero attached hydrogens (tertiary/aromatic N) is 2. The number of anilines is 1. The van der Waals surface area contributed by atoms with Crippen LogP contribution in [0.4, 0.5) is 5.69 Å². The van der Waals surface area contributed by atoms with E-state index < -0.39 is 0 Å². The number of oxime groups is 1. The molecule has 0 unspecified atom stereocenters. The molecule has 0 saturated carbocycles. The van der Waals surface area contributed by atoms with Crippen LogP contribution < -0.4 is 11.1 Å². The van der Waals surface area contributed by atoms with Crippen molar-refractivity contribution < 1.29 is 10.0 Å². The molecular weight excluding hydrogens is 314 g/mol. The minimum atomic E-state index is -0.286. The fourth-order valence-corrected chi connectivity index (χ4v) is 1.88. The van der Waals surface area contributed by atoms with Gasteiger partial charge in [-0.3, -0.25) is 9.89 Å². The Morgan fingerprint density at radius 3 is 2.84 bits per heavy atom. The Hall–Kier alpha value is -2.35. The number of hydrogen-bond acceptors (Lipinski definition) is 4. The molecule has 1 amide bonds. The lowest BCUT2D eigenvalue weighted by Crippen LogP contribution is -2.14. The number of H-pyrrole nitrogens is 1. The summed E-state index contributed by atoms with van der Waals surface area (Å²) in [6.07, 6.45) is 2.92. The van der Waals surface area contributed by atoms with Crippen molar-refractivity contribution in [2.24, 2.45) is 10.9 Å². The maximum absolute atomic E-state index is 11.8. The molecule has 98 valence electrons. The Balaban J connectivity index is 2.20. The Morgan fingerprint density at radius 1 is 1.47 bits per heavy atom. The zero-order valence-corrected chi connectivity index (χ0v) is 11.2. The average molecular weight is 324 g/mol. The molecule has 0 spiro atoms. The van der Waals surface area contributed by atoms with Gasteiger partial charge < -0.3 is 16.3 Å². The van der Waals surface area contributed by atoms with Crippen LogP contribution in [0.3, 0.4) is 0 Å². The fraction of sp³-hybridized carbons (Fsp3) is 0. The van der Waals surface area contributed by atoms with Crippen molar-refractivity contribution in [3.05, 3.63) is 46.2 Å². The SMILES string of the molecule is N/C(=N/O)c1ccc(NC(=O)c2cn[nH]c2)c(Br)c1. The van der Waals surface area contributed by atoms with Gasteiger partial charge in [-0.25, -0.2) is 0 Å². The first-order chi connectivity index (χ1) is 9.11. The van der Waals surface area contributed by atoms with Crippen LogP contribution in [0.1, 0.15) is 15.9 Å². The minimum absolute atomic E-state index is 0.00610. The number of amidine groups is 1. The van der Waals surface area contributed by atoms with Crippen molar-refractivity contribution >= 4 is 33.4 Å². The first-order valence-electron chi connectivity index (χ1n) is 5.19. The highest BCUT2D eigenvalue weighted by Gasteiger charge is 2.10. The molecule has 19 heavy (non-hydrogen) atoms. The first kappa shape index (κ1) is 13.1. The van der Waals surface area contributed by atoms with Gasteiger partial charge in [0.25, 0.3) is 5.91 Å². The van der Waals surface area contributed by atoms with Crippen LogP contribution in [0, 0.1) is 0 Å². The lowest BCUT2D eigenvalue weighted by Gasteiger charge is -2.07. The van der Waals surface area contributed by atoms with Gasteiger partial charge in [-0.15, -0.1) is 0 Å². The van der Waals surface area contributed by atoms with Crippen molar-refractivity contribution in [3.63, 3.8) is 0 Å². The summed E-state index contributed by atoms with van der Waals surface area (Å²) in [6, 6.07) is 4.92. The first-order valence-corrected chi connectivity index (χ1v) is 5.98. The second kappa shape index (κ2) is 5.53. The van der Waals surface area contributed by atoms with Crippen LogP contribution in [-0.4, -0.2) is 27.1 Å². The van der Waals surface area contributed by atoms with Crippen molar-refractivity contribution in [2.45, 2.75) is 0 Å². The predicted octanol–water partition coefficient (Wildman–Crippen LogP) is 1.52. The summed E-state index contributed by atoms with van der Waals surface area (Å²) in [5.41, 5.74) is 7.00. The maximum atomic E-state index is 11.8. The molecule has 1 heterocycles.